The van der Waals surface area contributed by atoms with Gasteiger partial charge in [-0.15, -0.1) is 0 Å². The van der Waals surface area contributed by atoms with Crippen LogP contribution < -0.4 is 0 Å². The molecule has 1 aromatic carbocycles. The number of ether oxygens (including phenoxy) is 1. The second-order valence-electron chi connectivity index (χ2n) is 2.85. The Bertz CT molecular complexity index is 382. The molecule has 1 N–H and O–H groups in total. The fourth-order valence-electron chi connectivity index (χ4n) is 1.18. The first-order valence-electron chi connectivity index (χ1n) is 3.97. The van der Waals surface area contributed by atoms with Crippen molar-refractivity contribution in [1.82, 2.24) is 0 Å². The van der Waals surface area contributed by atoms with E-state index in [-0.39, 0.29) is 16.9 Å². The number of hydrogen-bond acceptors (Lipinski definition) is 4. The van der Waals surface area contributed by atoms with Crippen LogP contribution in [0, 0.1) is 6.92 Å². The number of esters is 1. The molecule has 0 atom stereocenters. The van der Waals surface area contributed by atoms with Gasteiger partial charge in [-0.1, -0.05) is 0 Å². The third-order valence-electron chi connectivity index (χ3n) is 1.83. The van der Waals surface area contributed by atoms with Crippen molar-refractivity contribution in [2.45, 2.75) is 6.92 Å². The van der Waals surface area contributed by atoms with Crippen LogP contribution in [0.25, 0.3) is 0 Å². The first-order valence-corrected chi connectivity index (χ1v) is 3.97. The molecule has 74 valence electrons. The van der Waals surface area contributed by atoms with Gasteiger partial charge >= 0.3 is 5.97 Å². The van der Waals surface area contributed by atoms with Gasteiger partial charge in [-0.3, -0.25) is 4.79 Å². The number of rotatable bonds is 2. The number of hydrogen-bond donors (Lipinski definition) is 1. The molecule has 0 heterocycles. The van der Waals surface area contributed by atoms with E-state index in [1.807, 2.05) is 0 Å². The van der Waals surface area contributed by atoms with Crippen LogP contribution in [0.3, 0.4) is 0 Å². The summed E-state index contributed by atoms with van der Waals surface area (Å²) in [6.45, 7) is 1.71. The number of phenolic OH excluding ortho intramolecular Hbond substituents is 1. The van der Waals surface area contributed by atoms with Gasteiger partial charge in [0.05, 0.1) is 18.2 Å². The summed E-state index contributed by atoms with van der Waals surface area (Å²) in [4.78, 5) is 21.8. The van der Waals surface area contributed by atoms with E-state index in [0.717, 1.165) is 0 Å². The van der Waals surface area contributed by atoms with Crippen LogP contribution in [0.15, 0.2) is 12.1 Å². The number of aryl methyl sites for hydroxylation is 1. The van der Waals surface area contributed by atoms with Crippen LogP contribution in [0.4, 0.5) is 0 Å². The van der Waals surface area contributed by atoms with Gasteiger partial charge in [-0.05, 0) is 24.6 Å². The zero-order chi connectivity index (χ0) is 10.7. The maximum atomic E-state index is 11.2. The molecule has 0 aliphatic rings. The summed E-state index contributed by atoms with van der Waals surface area (Å²) in [5, 5.41) is 9.38. The van der Waals surface area contributed by atoms with Gasteiger partial charge in [0.15, 0.2) is 6.29 Å². The highest BCUT2D eigenvalue weighted by Crippen LogP contribution is 2.22. The molecular formula is C10H10O4. The summed E-state index contributed by atoms with van der Waals surface area (Å²) in [6.07, 6.45) is 0.432. The van der Waals surface area contributed by atoms with Crippen molar-refractivity contribution in [2.24, 2.45) is 0 Å². The molecule has 4 heteroatoms. The van der Waals surface area contributed by atoms with Gasteiger partial charge < -0.3 is 9.84 Å². The Balaban J connectivity index is 3.39. The van der Waals surface area contributed by atoms with Gasteiger partial charge in [-0.25, -0.2) is 4.79 Å². The van der Waals surface area contributed by atoms with Gasteiger partial charge in [0.1, 0.15) is 5.75 Å². The Morgan fingerprint density at radius 1 is 1.50 bits per heavy atom. The molecule has 4 nitrogen and oxygen atoms in total. The number of benzene rings is 1. The molecule has 0 aliphatic carbocycles. The lowest BCUT2D eigenvalue weighted by atomic mass is 10.0. The third kappa shape index (κ3) is 1.74. The van der Waals surface area contributed by atoms with E-state index >= 15 is 0 Å². The molecule has 0 amide bonds. The summed E-state index contributed by atoms with van der Waals surface area (Å²) in [5.41, 5.74) is 0.732. The minimum absolute atomic E-state index is 0.0394. The molecule has 1 rings (SSSR count). The highest BCUT2D eigenvalue weighted by Gasteiger charge is 2.15. The average Bonchev–Trinajstić information content (AvgIpc) is 2.15. The van der Waals surface area contributed by atoms with E-state index in [9.17, 15) is 14.7 Å². The SMILES string of the molecule is COC(=O)c1cc(C)cc(O)c1C=O. The van der Waals surface area contributed by atoms with Crippen molar-refractivity contribution >= 4 is 12.3 Å². The van der Waals surface area contributed by atoms with Crippen molar-refractivity contribution in [3.63, 3.8) is 0 Å². The summed E-state index contributed by atoms with van der Waals surface area (Å²) >= 11 is 0. The number of methoxy groups -OCH3 is 1. The molecule has 0 bridgehead atoms. The van der Waals surface area contributed by atoms with Crippen molar-refractivity contribution in [2.75, 3.05) is 7.11 Å². The molecule has 0 unspecified atom stereocenters. The number of phenols is 1. The number of aromatic hydroxyl groups is 1. The third-order valence-corrected chi connectivity index (χ3v) is 1.83. The van der Waals surface area contributed by atoms with Crippen LogP contribution in [0.1, 0.15) is 26.3 Å². The van der Waals surface area contributed by atoms with Gasteiger partial charge in [0.25, 0.3) is 0 Å². The normalized spacial score (nSPS) is 9.57. The largest absolute Gasteiger partial charge is 0.507 e. The maximum absolute atomic E-state index is 11.2. The maximum Gasteiger partial charge on any atom is 0.338 e. The van der Waals surface area contributed by atoms with Gasteiger partial charge in [0, 0.05) is 0 Å². The van der Waals surface area contributed by atoms with Crippen LogP contribution in [-0.2, 0) is 4.74 Å². The first-order chi connectivity index (χ1) is 6.60. The molecule has 14 heavy (non-hydrogen) atoms. The fourth-order valence-corrected chi connectivity index (χ4v) is 1.18. The highest BCUT2D eigenvalue weighted by atomic mass is 16.5. The number of carbonyl (C=O) groups is 2. The first kappa shape index (κ1) is 10.2. The summed E-state index contributed by atoms with van der Waals surface area (Å²) in [7, 11) is 1.22. The van der Waals surface area contributed by atoms with Crippen LogP contribution in [-0.4, -0.2) is 24.5 Å². The molecule has 0 saturated carbocycles. The Labute approximate surface area is 81.1 Å². The van der Waals surface area contributed by atoms with Crippen molar-refractivity contribution in [3.8, 4) is 5.75 Å². The Morgan fingerprint density at radius 3 is 2.64 bits per heavy atom. The number of carbonyl (C=O) groups excluding carboxylic acids is 2. The fraction of sp³-hybridized carbons (Fsp3) is 0.200. The predicted molar refractivity (Wildman–Crippen MR) is 49.6 cm³/mol. The predicted octanol–water partition coefficient (Wildman–Crippen LogP) is 1.30. The summed E-state index contributed by atoms with van der Waals surface area (Å²) < 4.78 is 4.48. The summed E-state index contributed by atoms with van der Waals surface area (Å²) in [6, 6.07) is 2.91. The minimum atomic E-state index is -0.633. The van der Waals surface area contributed by atoms with E-state index < -0.39 is 5.97 Å². The Kier molecular flexibility index (Phi) is 2.86. The average molecular weight is 194 g/mol. The van der Waals surface area contributed by atoms with Crippen molar-refractivity contribution in [1.29, 1.82) is 0 Å². The topological polar surface area (TPSA) is 63.6 Å². The molecule has 0 radical (unpaired) electrons. The van der Waals surface area contributed by atoms with Gasteiger partial charge in [0.2, 0.25) is 0 Å². The molecule has 0 spiro atoms. The minimum Gasteiger partial charge on any atom is -0.507 e. The number of aldehydes is 1. The van der Waals surface area contributed by atoms with Crippen LogP contribution in [0.2, 0.25) is 0 Å². The monoisotopic (exact) mass is 194 g/mol. The highest BCUT2D eigenvalue weighted by molar-refractivity contribution is 6.00. The smallest absolute Gasteiger partial charge is 0.338 e. The zero-order valence-electron chi connectivity index (χ0n) is 7.90. The summed E-state index contributed by atoms with van der Waals surface area (Å²) in [5.74, 6) is -0.841. The lowest BCUT2D eigenvalue weighted by molar-refractivity contribution is 0.0597. The second-order valence-corrected chi connectivity index (χ2v) is 2.85. The zero-order valence-corrected chi connectivity index (χ0v) is 7.90. The van der Waals surface area contributed by atoms with Crippen molar-refractivity contribution < 1.29 is 19.4 Å². The Morgan fingerprint density at radius 2 is 2.14 bits per heavy atom. The molecule has 0 saturated heterocycles. The second kappa shape index (κ2) is 3.91. The van der Waals surface area contributed by atoms with E-state index in [4.69, 9.17) is 0 Å². The lowest BCUT2D eigenvalue weighted by Gasteiger charge is -2.05. The molecule has 1 aromatic rings. The Hall–Kier alpha value is -1.84. The standard InChI is InChI=1S/C10H10O4/c1-6-3-7(10(13)14-2)8(5-11)9(12)4-6/h3-5,12H,1-2H3. The van der Waals surface area contributed by atoms with Crippen LogP contribution >= 0.6 is 0 Å². The van der Waals surface area contributed by atoms with E-state index in [1.54, 1.807) is 6.92 Å². The van der Waals surface area contributed by atoms with E-state index in [1.165, 1.54) is 19.2 Å². The van der Waals surface area contributed by atoms with Crippen LogP contribution in [0.5, 0.6) is 5.75 Å². The quantitative estimate of drug-likeness (QED) is 0.569. The van der Waals surface area contributed by atoms with Crippen molar-refractivity contribution in [3.05, 3.63) is 28.8 Å². The molecular weight excluding hydrogens is 184 g/mol. The van der Waals surface area contributed by atoms with E-state index in [2.05, 4.69) is 4.74 Å². The lowest BCUT2D eigenvalue weighted by Crippen LogP contribution is -2.06. The molecule has 0 aliphatic heterocycles. The van der Waals surface area contributed by atoms with Gasteiger partial charge in [-0.2, -0.15) is 0 Å². The molecule has 0 aromatic heterocycles. The van der Waals surface area contributed by atoms with E-state index in [0.29, 0.717) is 11.8 Å². The molecule has 0 fully saturated rings.